The first-order chi connectivity index (χ1) is 7.39. The van der Waals surface area contributed by atoms with Crippen LogP contribution in [0, 0.1) is 5.41 Å². The Bertz CT molecular complexity index is 407. The monoisotopic (exact) mass is 243 g/mol. The highest BCUT2D eigenvalue weighted by Crippen LogP contribution is 2.31. The molecule has 0 aromatic rings. The maximum atomic E-state index is 12.4. The lowest BCUT2D eigenvalue weighted by Crippen LogP contribution is -2.34. The van der Waals surface area contributed by atoms with E-state index in [0.717, 1.165) is 12.2 Å². The summed E-state index contributed by atoms with van der Waals surface area (Å²) in [5.74, 6) is 1.36. The lowest BCUT2D eigenvalue weighted by molar-refractivity contribution is 0.0140. The molecule has 2 aliphatic heterocycles. The van der Waals surface area contributed by atoms with Crippen molar-refractivity contribution in [1.82, 2.24) is 0 Å². The van der Waals surface area contributed by atoms with E-state index in [2.05, 4.69) is 31.2 Å². The van der Waals surface area contributed by atoms with Gasteiger partial charge in [0.25, 0.3) is 0 Å². The summed E-state index contributed by atoms with van der Waals surface area (Å²) in [5, 5.41) is 0. The highest BCUT2D eigenvalue weighted by atomic mass is 32.2. The number of ether oxygens (including phenoxy) is 1. The molecule has 2 heterocycles. The average molecular weight is 243 g/mol. The van der Waals surface area contributed by atoms with Crippen LogP contribution in [0.15, 0.2) is 16.0 Å². The molecule has 0 N–H and O–H groups in total. The van der Waals surface area contributed by atoms with E-state index in [9.17, 15) is 4.21 Å². The highest BCUT2D eigenvalue weighted by Gasteiger charge is 2.26. The third kappa shape index (κ3) is 2.66. The molecule has 3 nitrogen and oxygen atoms in total. The fourth-order valence-corrected chi connectivity index (χ4v) is 4.04. The summed E-state index contributed by atoms with van der Waals surface area (Å²) in [6.07, 6.45) is 3.08. The third-order valence-electron chi connectivity index (χ3n) is 3.21. The molecule has 1 fully saturated rings. The quantitative estimate of drug-likeness (QED) is 0.662. The van der Waals surface area contributed by atoms with Crippen molar-refractivity contribution in [3.05, 3.63) is 11.6 Å². The van der Waals surface area contributed by atoms with Crippen LogP contribution in [0.4, 0.5) is 0 Å². The van der Waals surface area contributed by atoms with Gasteiger partial charge in [0.2, 0.25) is 0 Å². The van der Waals surface area contributed by atoms with Gasteiger partial charge < -0.3 is 4.74 Å². The average Bonchev–Trinajstić information content (AvgIpc) is 2.11. The Kier molecular flexibility index (Phi) is 3.14. The van der Waals surface area contributed by atoms with Crippen molar-refractivity contribution in [1.29, 1.82) is 0 Å². The molecule has 1 saturated heterocycles. The van der Waals surface area contributed by atoms with Crippen LogP contribution in [0.1, 0.15) is 27.2 Å². The first kappa shape index (κ1) is 12.1. The van der Waals surface area contributed by atoms with Crippen LogP contribution in [0.3, 0.4) is 0 Å². The van der Waals surface area contributed by atoms with E-state index in [1.54, 1.807) is 0 Å². The Labute approximate surface area is 98.4 Å². The van der Waals surface area contributed by atoms with Crippen LogP contribution in [0.5, 0.6) is 0 Å². The predicted octanol–water partition coefficient (Wildman–Crippen LogP) is 2.23. The maximum absolute atomic E-state index is 12.4. The number of hydrogen-bond donors (Lipinski definition) is 0. The Morgan fingerprint density at radius 2 is 2.12 bits per heavy atom. The van der Waals surface area contributed by atoms with Crippen LogP contribution in [0.25, 0.3) is 0 Å². The van der Waals surface area contributed by atoms with Gasteiger partial charge in [-0.2, -0.15) is 0 Å². The highest BCUT2D eigenvalue weighted by molar-refractivity contribution is 7.93. The standard InChI is InChI=1S/C12H21NO2S/c1-12(2,3)10-4-6-16(14,7-5-10)13-11-8-15-9-11/h4,11H,5-9H2,1-3H3. The van der Waals surface area contributed by atoms with Gasteiger partial charge in [-0.05, 0) is 11.8 Å². The zero-order valence-electron chi connectivity index (χ0n) is 10.4. The minimum absolute atomic E-state index is 0.192. The van der Waals surface area contributed by atoms with Crippen LogP contribution in [0.2, 0.25) is 0 Å². The van der Waals surface area contributed by atoms with Gasteiger partial charge in [0, 0.05) is 5.75 Å². The number of nitrogens with zero attached hydrogens (tertiary/aromatic N) is 1. The lowest BCUT2D eigenvalue weighted by Gasteiger charge is -2.29. The molecule has 0 aromatic carbocycles. The SMILES string of the molecule is CC(C)(C)C1=CCS(=O)(=NC2COC2)CC1. The van der Waals surface area contributed by atoms with E-state index in [0.29, 0.717) is 19.0 Å². The van der Waals surface area contributed by atoms with Crippen molar-refractivity contribution in [2.75, 3.05) is 24.7 Å². The summed E-state index contributed by atoms with van der Waals surface area (Å²) in [6, 6.07) is 0.192. The first-order valence-corrected chi connectivity index (χ1v) is 7.73. The van der Waals surface area contributed by atoms with Crippen molar-refractivity contribution >= 4 is 9.73 Å². The second-order valence-corrected chi connectivity index (χ2v) is 8.17. The smallest absolute Gasteiger partial charge is 0.106 e. The molecule has 92 valence electrons. The molecule has 4 heteroatoms. The zero-order valence-corrected chi connectivity index (χ0v) is 11.2. The lowest BCUT2D eigenvalue weighted by atomic mass is 9.85. The molecule has 0 aliphatic carbocycles. The summed E-state index contributed by atoms with van der Waals surface area (Å²) in [5.41, 5.74) is 1.63. The second kappa shape index (κ2) is 4.15. The van der Waals surface area contributed by atoms with Crippen molar-refractivity contribution in [3.8, 4) is 0 Å². The van der Waals surface area contributed by atoms with Crippen LogP contribution >= 0.6 is 0 Å². The van der Waals surface area contributed by atoms with E-state index in [4.69, 9.17) is 4.74 Å². The molecule has 0 radical (unpaired) electrons. The number of rotatable bonds is 1. The fourth-order valence-electron chi connectivity index (χ4n) is 2.02. The van der Waals surface area contributed by atoms with E-state index < -0.39 is 9.73 Å². The molecular formula is C12H21NO2S. The molecule has 1 atom stereocenters. The van der Waals surface area contributed by atoms with Crippen LogP contribution in [-0.4, -0.2) is 35.0 Å². The molecule has 1 unspecified atom stereocenters. The van der Waals surface area contributed by atoms with Crippen LogP contribution in [-0.2, 0) is 14.5 Å². The Hall–Kier alpha value is -0.350. The fraction of sp³-hybridized carbons (Fsp3) is 0.833. The molecule has 0 aromatic heterocycles. The second-order valence-electron chi connectivity index (χ2n) is 5.67. The van der Waals surface area contributed by atoms with Crippen molar-refractivity contribution in [2.45, 2.75) is 33.2 Å². The predicted molar refractivity (Wildman–Crippen MR) is 67.1 cm³/mol. The summed E-state index contributed by atoms with van der Waals surface area (Å²) >= 11 is 0. The minimum atomic E-state index is -1.97. The minimum Gasteiger partial charge on any atom is -0.377 e. The molecule has 2 rings (SSSR count). The van der Waals surface area contributed by atoms with Gasteiger partial charge in [-0.3, -0.25) is 0 Å². The van der Waals surface area contributed by atoms with Gasteiger partial charge in [-0.1, -0.05) is 32.4 Å². The molecule has 0 saturated carbocycles. The third-order valence-corrected chi connectivity index (χ3v) is 5.42. The normalized spacial score (nSPS) is 31.8. The van der Waals surface area contributed by atoms with Gasteiger partial charge >= 0.3 is 0 Å². The summed E-state index contributed by atoms with van der Waals surface area (Å²) in [4.78, 5) is 0. The molecule has 0 amide bonds. The maximum Gasteiger partial charge on any atom is 0.106 e. The van der Waals surface area contributed by atoms with Gasteiger partial charge in [-0.25, -0.2) is 8.57 Å². The molecular weight excluding hydrogens is 222 g/mol. The van der Waals surface area contributed by atoms with Crippen molar-refractivity contribution < 1.29 is 8.95 Å². The summed E-state index contributed by atoms with van der Waals surface area (Å²) in [7, 11) is -1.97. The molecule has 16 heavy (non-hydrogen) atoms. The Balaban J connectivity index is 2.11. The van der Waals surface area contributed by atoms with Gasteiger partial charge in [0.05, 0.1) is 28.7 Å². The van der Waals surface area contributed by atoms with Crippen molar-refractivity contribution in [3.63, 3.8) is 0 Å². The van der Waals surface area contributed by atoms with E-state index in [-0.39, 0.29) is 11.5 Å². The molecule has 0 spiro atoms. The summed E-state index contributed by atoms with van der Waals surface area (Å²) in [6.45, 7) is 7.95. The summed E-state index contributed by atoms with van der Waals surface area (Å²) < 4.78 is 21.9. The van der Waals surface area contributed by atoms with Gasteiger partial charge in [0.15, 0.2) is 0 Å². The number of hydrogen-bond acceptors (Lipinski definition) is 3. The van der Waals surface area contributed by atoms with Gasteiger partial charge in [0.1, 0.15) is 6.04 Å². The topological polar surface area (TPSA) is 38.7 Å². The molecule has 0 bridgehead atoms. The largest absolute Gasteiger partial charge is 0.377 e. The zero-order chi connectivity index (χ0) is 11.8. The number of allylic oxidation sites excluding steroid dienone is 1. The van der Waals surface area contributed by atoms with E-state index in [1.807, 2.05) is 0 Å². The van der Waals surface area contributed by atoms with Crippen LogP contribution < -0.4 is 0 Å². The van der Waals surface area contributed by atoms with E-state index in [1.165, 1.54) is 5.57 Å². The Morgan fingerprint density at radius 1 is 1.44 bits per heavy atom. The van der Waals surface area contributed by atoms with Gasteiger partial charge in [-0.15, -0.1) is 0 Å². The molecule has 2 aliphatic rings. The first-order valence-electron chi connectivity index (χ1n) is 5.88. The van der Waals surface area contributed by atoms with E-state index >= 15 is 0 Å². The Morgan fingerprint density at radius 3 is 2.50 bits per heavy atom. The van der Waals surface area contributed by atoms with Crippen molar-refractivity contribution in [2.24, 2.45) is 9.78 Å².